The number of likely N-dealkylation sites (N-methyl/N-ethyl adjacent to an activating group) is 1. The van der Waals surface area contributed by atoms with Gasteiger partial charge in [-0.25, -0.2) is 4.98 Å². The molecule has 0 unspecified atom stereocenters. The van der Waals surface area contributed by atoms with Gasteiger partial charge in [-0.2, -0.15) is 4.98 Å². The zero-order valence-electron chi connectivity index (χ0n) is 17.4. The first-order valence-electron chi connectivity index (χ1n) is 10.2. The molecule has 0 aliphatic carbocycles. The zero-order valence-corrected chi connectivity index (χ0v) is 17.4. The highest BCUT2D eigenvalue weighted by atomic mass is 16.1. The summed E-state index contributed by atoms with van der Waals surface area (Å²) in [5.41, 5.74) is 3.95. The normalized spacial score (nSPS) is 15.1. The number of aryl methyl sites for hydroxylation is 2. The van der Waals surface area contributed by atoms with Crippen molar-refractivity contribution in [2.45, 2.75) is 26.9 Å². The molecule has 7 heteroatoms. The number of fused-ring (bicyclic) bond motifs is 1. The van der Waals surface area contributed by atoms with Crippen LogP contribution in [0.25, 0.3) is 11.0 Å². The molecule has 1 aromatic carbocycles. The molecule has 7 nitrogen and oxygen atoms in total. The average molecular weight is 393 g/mol. The Kier molecular flexibility index (Phi) is 5.49. The fourth-order valence-electron chi connectivity index (χ4n) is 3.77. The highest BCUT2D eigenvalue weighted by Crippen LogP contribution is 2.19. The van der Waals surface area contributed by atoms with Gasteiger partial charge in [0, 0.05) is 56.4 Å². The minimum absolute atomic E-state index is 0.0384. The Morgan fingerprint density at radius 3 is 2.41 bits per heavy atom. The van der Waals surface area contributed by atoms with Crippen molar-refractivity contribution in [2.75, 3.05) is 43.4 Å². The second kappa shape index (κ2) is 8.21. The van der Waals surface area contributed by atoms with Gasteiger partial charge in [-0.1, -0.05) is 12.1 Å². The summed E-state index contributed by atoms with van der Waals surface area (Å²) in [4.78, 5) is 26.1. The van der Waals surface area contributed by atoms with E-state index in [1.165, 1.54) is 11.3 Å². The van der Waals surface area contributed by atoms with Crippen LogP contribution in [0.2, 0.25) is 0 Å². The van der Waals surface area contributed by atoms with E-state index < -0.39 is 0 Å². The predicted octanol–water partition coefficient (Wildman–Crippen LogP) is 2.48. The van der Waals surface area contributed by atoms with Crippen LogP contribution in [-0.4, -0.2) is 52.7 Å². The van der Waals surface area contributed by atoms with E-state index in [0.29, 0.717) is 24.7 Å². The number of hydrogen-bond donors (Lipinski definition) is 1. The maximum absolute atomic E-state index is 12.1. The van der Waals surface area contributed by atoms with Crippen molar-refractivity contribution < 1.29 is 0 Å². The number of aromatic nitrogens is 3. The number of anilines is 2. The molecule has 1 saturated heterocycles. The Morgan fingerprint density at radius 1 is 1.00 bits per heavy atom. The quantitative estimate of drug-likeness (QED) is 0.720. The van der Waals surface area contributed by atoms with Crippen molar-refractivity contribution in [2.24, 2.45) is 0 Å². The number of rotatable bonds is 5. The van der Waals surface area contributed by atoms with E-state index >= 15 is 0 Å². The molecule has 0 amide bonds. The Morgan fingerprint density at radius 2 is 1.72 bits per heavy atom. The minimum atomic E-state index is -0.0384. The van der Waals surface area contributed by atoms with E-state index in [2.05, 4.69) is 56.4 Å². The monoisotopic (exact) mass is 392 g/mol. The van der Waals surface area contributed by atoms with Crippen LogP contribution in [-0.2, 0) is 13.1 Å². The van der Waals surface area contributed by atoms with E-state index in [9.17, 15) is 4.79 Å². The first kappa shape index (κ1) is 19.4. The van der Waals surface area contributed by atoms with Crippen LogP contribution in [0.3, 0.4) is 0 Å². The summed E-state index contributed by atoms with van der Waals surface area (Å²) in [6.07, 6.45) is 0. The maximum atomic E-state index is 12.1. The van der Waals surface area contributed by atoms with E-state index in [0.717, 1.165) is 37.3 Å². The van der Waals surface area contributed by atoms with Crippen molar-refractivity contribution >= 4 is 22.7 Å². The third kappa shape index (κ3) is 4.10. The zero-order chi connectivity index (χ0) is 20.4. The fraction of sp³-hybridized carbons (Fsp3) is 0.409. The van der Waals surface area contributed by atoms with Gasteiger partial charge in [0.25, 0.3) is 5.56 Å². The maximum Gasteiger partial charge on any atom is 0.252 e. The van der Waals surface area contributed by atoms with Gasteiger partial charge in [0.15, 0.2) is 0 Å². The average Bonchev–Trinajstić information content (AvgIpc) is 2.73. The Hall–Kier alpha value is -2.93. The molecule has 3 aromatic rings. The van der Waals surface area contributed by atoms with E-state index in [4.69, 9.17) is 0 Å². The molecule has 2 aromatic heterocycles. The van der Waals surface area contributed by atoms with Crippen LogP contribution < -0.4 is 15.8 Å². The molecule has 1 N–H and O–H groups in total. The topological polar surface area (TPSA) is 66.3 Å². The van der Waals surface area contributed by atoms with Crippen molar-refractivity contribution in [3.63, 3.8) is 0 Å². The number of nitrogens with zero attached hydrogens (tertiary/aromatic N) is 5. The van der Waals surface area contributed by atoms with Gasteiger partial charge < -0.3 is 15.1 Å². The molecule has 0 radical (unpaired) electrons. The summed E-state index contributed by atoms with van der Waals surface area (Å²) in [5, 5.41) is 4.22. The van der Waals surface area contributed by atoms with Gasteiger partial charge in [0.1, 0.15) is 5.65 Å². The van der Waals surface area contributed by atoms with E-state index in [1.807, 2.05) is 13.8 Å². The number of pyridine rings is 1. The summed E-state index contributed by atoms with van der Waals surface area (Å²) in [6, 6.07) is 12.1. The summed E-state index contributed by atoms with van der Waals surface area (Å²) in [6.45, 7) is 9.46. The lowest BCUT2D eigenvalue weighted by molar-refractivity contribution is 0.313. The molecule has 29 heavy (non-hydrogen) atoms. The van der Waals surface area contributed by atoms with Crippen LogP contribution in [0.4, 0.5) is 11.6 Å². The van der Waals surface area contributed by atoms with E-state index in [-0.39, 0.29) is 5.56 Å². The van der Waals surface area contributed by atoms with Gasteiger partial charge in [-0.15, -0.1) is 0 Å². The largest absolute Gasteiger partial charge is 0.369 e. The van der Waals surface area contributed by atoms with Crippen LogP contribution in [0, 0.1) is 6.92 Å². The van der Waals surface area contributed by atoms with Crippen LogP contribution in [0.15, 0.2) is 41.2 Å². The van der Waals surface area contributed by atoms with Crippen molar-refractivity contribution in [3.8, 4) is 0 Å². The second-order valence-corrected chi connectivity index (χ2v) is 7.60. The van der Waals surface area contributed by atoms with Gasteiger partial charge in [-0.05, 0) is 44.7 Å². The number of hydrogen-bond acceptors (Lipinski definition) is 6. The van der Waals surface area contributed by atoms with Gasteiger partial charge in [0.2, 0.25) is 5.95 Å². The highest BCUT2D eigenvalue weighted by molar-refractivity contribution is 5.78. The molecule has 4 rings (SSSR count). The van der Waals surface area contributed by atoms with E-state index in [1.54, 1.807) is 16.7 Å². The summed E-state index contributed by atoms with van der Waals surface area (Å²) in [7, 11) is 2.17. The number of piperazine rings is 1. The van der Waals surface area contributed by atoms with Crippen molar-refractivity contribution in [3.05, 3.63) is 58.0 Å². The standard InChI is InChI=1S/C22H28N6O/c1-4-28-20(29)10-9-19-16(2)24-22(25-21(19)28)23-15-17-5-7-18(8-6-17)27-13-11-26(3)12-14-27/h5-10H,4,11-15H2,1-3H3,(H,23,24,25). The minimum Gasteiger partial charge on any atom is -0.369 e. The molecule has 1 aliphatic rings. The molecule has 3 heterocycles. The molecular weight excluding hydrogens is 364 g/mol. The third-order valence-corrected chi connectivity index (χ3v) is 5.60. The first-order chi connectivity index (χ1) is 14.0. The number of nitrogens with one attached hydrogen (secondary N) is 1. The van der Waals surface area contributed by atoms with Crippen LogP contribution >= 0.6 is 0 Å². The molecule has 0 spiro atoms. The molecule has 0 bridgehead atoms. The lowest BCUT2D eigenvalue weighted by Crippen LogP contribution is -2.44. The van der Waals surface area contributed by atoms with Gasteiger partial charge in [-0.3, -0.25) is 9.36 Å². The third-order valence-electron chi connectivity index (χ3n) is 5.60. The molecule has 0 saturated carbocycles. The fourth-order valence-corrected chi connectivity index (χ4v) is 3.77. The predicted molar refractivity (Wildman–Crippen MR) is 118 cm³/mol. The number of benzene rings is 1. The lowest BCUT2D eigenvalue weighted by atomic mass is 10.2. The molecule has 1 aliphatic heterocycles. The molecular formula is C22H28N6O. The second-order valence-electron chi connectivity index (χ2n) is 7.60. The molecule has 0 atom stereocenters. The summed E-state index contributed by atoms with van der Waals surface area (Å²) in [5.74, 6) is 0.547. The Balaban J connectivity index is 1.49. The van der Waals surface area contributed by atoms with Gasteiger partial charge in [0.05, 0.1) is 5.69 Å². The first-order valence-corrected chi connectivity index (χ1v) is 10.2. The van der Waals surface area contributed by atoms with Crippen LogP contribution in [0.1, 0.15) is 18.2 Å². The van der Waals surface area contributed by atoms with Crippen molar-refractivity contribution in [1.82, 2.24) is 19.4 Å². The van der Waals surface area contributed by atoms with Crippen LogP contribution in [0.5, 0.6) is 0 Å². The molecule has 1 fully saturated rings. The molecule has 152 valence electrons. The lowest BCUT2D eigenvalue weighted by Gasteiger charge is -2.34. The summed E-state index contributed by atoms with van der Waals surface area (Å²) >= 11 is 0. The Bertz CT molecular complexity index is 1050. The highest BCUT2D eigenvalue weighted by Gasteiger charge is 2.14. The van der Waals surface area contributed by atoms with Crippen molar-refractivity contribution in [1.29, 1.82) is 0 Å². The SMILES string of the molecule is CCn1c(=O)ccc2c(C)nc(NCc3ccc(N4CCN(C)CC4)cc3)nc21. The Labute approximate surface area is 171 Å². The van der Waals surface area contributed by atoms with Gasteiger partial charge >= 0.3 is 0 Å². The smallest absolute Gasteiger partial charge is 0.252 e. The summed E-state index contributed by atoms with van der Waals surface area (Å²) < 4.78 is 1.68.